The third-order valence-corrected chi connectivity index (χ3v) is 2.22. The lowest BCUT2D eigenvalue weighted by Crippen LogP contribution is -1.94. The molecular weight excluding hydrogens is 250 g/mol. The molecule has 0 atom stereocenters. The fourth-order valence-electron chi connectivity index (χ4n) is 1.21. The molecule has 6 heteroatoms. The zero-order valence-corrected chi connectivity index (χ0v) is 9.96. The van der Waals surface area contributed by atoms with Crippen LogP contribution in [0.4, 0.5) is 5.82 Å². The highest BCUT2D eigenvalue weighted by molar-refractivity contribution is 6.29. The Bertz CT molecular complexity index is 601. The van der Waals surface area contributed by atoms with Crippen LogP contribution in [0.25, 0.3) is 0 Å². The van der Waals surface area contributed by atoms with Crippen LogP contribution in [0.2, 0.25) is 5.15 Å². The summed E-state index contributed by atoms with van der Waals surface area (Å²) in [5.41, 5.74) is 4.19. The molecule has 2 rings (SSSR count). The van der Waals surface area contributed by atoms with Gasteiger partial charge in [-0.3, -0.25) is 10.4 Å². The van der Waals surface area contributed by atoms with Crippen molar-refractivity contribution in [1.82, 2.24) is 9.97 Å². The van der Waals surface area contributed by atoms with Crippen molar-refractivity contribution >= 4 is 23.6 Å². The molecule has 0 bridgehead atoms. The van der Waals surface area contributed by atoms with Crippen LogP contribution in [-0.4, -0.2) is 16.2 Å². The predicted molar refractivity (Wildman–Crippen MR) is 69.4 cm³/mol. The van der Waals surface area contributed by atoms with E-state index < -0.39 is 0 Å². The maximum Gasteiger partial charge on any atom is 0.166 e. The molecule has 88 valence electrons. The summed E-state index contributed by atoms with van der Waals surface area (Å²) in [5, 5.41) is 12.9. The van der Waals surface area contributed by atoms with E-state index in [0.717, 1.165) is 5.56 Å². The van der Waals surface area contributed by atoms with E-state index in [0.29, 0.717) is 16.5 Å². The van der Waals surface area contributed by atoms with Gasteiger partial charge in [-0.05, 0) is 17.7 Å². The van der Waals surface area contributed by atoms with Crippen LogP contribution < -0.4 is 5.43 Å². The van der Waals surface area contributed by atoms with Gasteiger partial charge < -0.3 is 0 Å². The quantitative estimate of drug-likeness (QED) is 0.677. The minimum absolute atomic E-state index is 0.300. The molecule has 0 fully saturated rings. The highest BCUT2D eigenvalue weighted by atomic mass is 35.5. The number of hydrogen-bond donors (Lipinski definition) is 1. The second-order valence-corrected chi connectivity index (χ2v) is 3.72. The van der Waals surface area contributed by atoms with Crippen molar-refractivity contribution in [2.75, 3.05) is 5.43 Å². The van der Waals surface area contributed by atoms with Gasteiger partial charge in [0.05, 0.1) is 30.2 Å². The summed E-state index contributed by atoms with van der Waals surface area (Å²) < 4.78 is 0. The van der Waals surface area contributed by atoms with Crippen LogP contribution in [0.15, 0.2) is 41.8 Å². The van der Waals surface area contributed by atoms with Crippen molar-refractivity contribution in [3.63, 3.8) is 0 Å². The number of nitrogens with one attached hydrogen (secondary N) is 1. The van der Waals surface area contributed by atoms with Gasteiger partial charge in [0.1, 0.15) is 5.15 Å². The number of halogens is 1. The van der Waals surface area contributed by atoms with Gasteiger partial charge in [-0.1, -0.05) is 23.7 Å². The molecule has 0 amide bonds. The maximum absolute atomic E-state index is 8.66. The fourth-order valence-corrected chi connectivity index (χ4v) is 1.36. The topological polar surface area (TPSA) is 74.0 Å². The van der Waals surface area contributed by atoms with Crippen molar-refractivity contribution in [2.45, 2.75) is 0 Å². The zero-order chi connectivity index (χ0) is 12.8. The summed E-state index contributed by atoms with van der Waals surface area (Å²) in [6.45, 7) is 0. The number of hydrogen-bond acceptors (Lipinski definition) is 5. The van der Waals surface area contributed by atoms with E-state index in [4.69, 9.17) is 16.9 Å². The molecule has 0 unspecified atom stereocenters. The predicted octanol–water partition coefficient (Wildman–Crippen LogP) is 2.45. The Kier molecular flexibility index (Phi) is 3.84. The van der Waals surface area contributed by atoms with Crippen LogP contribution in [0.5, 0.6) is 0 Å². The molecule has 0 saturated heterocycles. The van der Waals surface area contributed by atoms with E-state index in [9.17, 15) is 0 Å². The first kappa shape index (κ1) is 12.0. The lowest BCUT2D eigenvalue weighted by molar-refractivity contribution is 1.16. The summed E-state index contributed by atoms with van der Waals surface area (Å²) in [6, 6.07) is 9.09. The van der Waals surface area contributed by atoms with E-state index in [1.807, 2.05) is 6.07 Å². The third-order valence-electron chi connectivity index (χ3n) is 2.04. The summed E-state index contributed by atoms with van der Waals surface area (Å²) in [6.07, 6.45) is 4.57. The number of benzene rings is 1. The zero-order valence-electron chi connectivity index (χ0n) is 9.21. The maximum atomic E-state index is 8.66. The molecule has 5 nitrogen and oxygen atoms in total. The van der Waals surface area contributed by atoms with Crippen LogP contribution in [0.1, 0.15) is 11.1 Å². The number of aromatic nitrogens is 2. The normalized spacial score (nSPS) is 10.2. The molecule has 2 aromatic rings. The van der Waals surface area contributed by atoms with Gasteiger partial charge in [0.25, 0.3) is 0 Å². The molecular formula is C12H8ClN5. The number of rotatable bonds is 3. The van der Waals surface area contributed by atoms with Crippen LogP contribution >= 0.6 is 11.6 Å². The lowest BCUT2D eigenvalue weighted by atomic mass is 10.2. The van der Waals surface area contributed by atoms with Gasteiger partial charge in [-0.25, -0.2) is 4.98 Å². The van der Waals surface area contributed by atoms with E-state index in [1.54, 1.807) is 30.5 Å². The minimum atomic E-state index is 0.300. The van der Waals surface area contributed by atoms with Gasteiger partial charge in [-0.2, -0.15) is 10.4 Å². The van der Waals surface area contributed by atoms with Crippen molar-refractivity contribution in [3.8, 4) is 6.07 Å². The monoisotopic (exact) mass is 257 g/mol. The van der Waals surface area contributed by atoms with Crippen LogP contribution in [0.3, 0.4) is 0 Å². The van der Waals surface area contributed by atoms with Crippen LogP contribution in [0, 0.1) is 11.3 Å². The second-order valence-electron chi connectivity index (χ2n) is 3.33. The number of hydrazone groups is 1. The summed E-state index contributed by atoms with van der Waals surface area (Å²) in [5.74, 6) is 0.465. The average Bonchev–Trinajstić information content (AvgIpc) is 2.40. The average molecular weight is 258 g/mol. The van der Waals surface area contributed by atoms with Crippen molar-refractivity contribution in [3.05, 3.63) is 52.9 Å². The van der Waals surface area contributed by atoms with E-state index >= 15 is 0 Å². The van der Waals surface area contributed by atoms with Crippen LogP contribution in [-0.2, 0) is 0 Å². The molecule has 0 aliphatic heterocycles. The molecule has 1 aromatic heterocycles. The van der Waals surface area contributed by atoms with Gasteiger partial charge >= 0.3 is 0 Å². The number of anilines is 1. The summed E-state index contributed by atoms with van der Waals surface area (Å²) in [7, 11) is 0. The number of nitrogens with zero attached hydrogens (tertiary/aromatic N) is 4. The first-order valence-corrected chi connectivity index (χ1v) is 5.42. The van der Waals surface area contributed by atoms with Crippen molar-refractivity contribution in [1.29, 1.82) is 5.26 Å². The van der Waals surface area contributed by atoms with E-state index in [-0.39, 0.29) is 0 Å². The van der Waals surface area contributed by atoms with Gasteiger partial charge in [0.15, 0.2) is 5.82 Å². The first-order chi connectivity index (χ1) is 8.78. The summed E-state index contributed by atoms with van der Waals surface area (Å²) in [4.78, 5) is 7.83. The molecule has 0 aliphatic carbocycles. The molecule has 1 aromatic carbocycles. The standard InChI is InChI=1S/C12H8ClN5/c13-11-7-15-8-12(17-11)18-16-6-10-3-1-9(5-14)2-4-10/h1-4,6-8H,(H,17,18). The van der Waals surface area contributed by atoms with Crippen molar-refractivity contribution < 1.29 is 0 Å². The first-order valence-electron chi connectivity index (χ1n) is 5.05. The molecule has 0 aliphatic rings. The summed E-state index contributed by atoms with van der Waals surface area (Å²) >= 11 is 5.68. The Morgan fingerprint density at radius 1 is 1.28 bits per heavy atom. The third kappa shape index (κ3) is 3.27. The molecule has 0 spiro atoms. The molecule has 18 heavy (non-hydrogen) atoms. The smallest absolute Gasteiger partial charge is 0.166 e. The van der Waals surface area contributed by atoms with Gasteiger partial charge in [-0.15, -0.1) is 0 Å². The van der Waals surface area contributed by atoms with E-state index in [1.165, 1.54) is 12.4 Å². The molecule has 1 heterocycles. The molecule has 1 N–H and O–H groups in total. The lowest BCUT2D eigenvalue weighted by Gasteiger charge is -1.98. The highest BCUT2D eigenvalue weighted by Gasteiger charge is 1.94. The second kappa shape index (κ2) is 5.75. The van der Waals surface area contributed by atoms with Gasteiger partial charge in [0, 0.05) is 0 Å². The minimum Gasteiger partial charge on any atom is -0.260 e. The highest BCUT2D eigenvalue weighted by Crippen LogP contribution is 2.06. The fraction of sp³-hybridized carbons (Fsp3) is 0. The molecule has 0 radical (unpaired) electrons. The Morgan fingerprint density at radius 2 is 2.06 bits per heavy atom. The molecule has 0 saturated carbocycles. The van der Waals surface area contributed by atoms with E-state index in [2.05, 4.69) is 20.5 Å². The SMILES string of the molecule is N#Cc1ccc(C=NNc2cncc(Cl)n2)cc1. The Labute approximate surface area is 109 Å². The van der Waals surface area contributed by atoms with Crippen molar-refractivity contribution in [2.24, 2.45) is 5.10 Å². The Balaban J connectivity index is 2.01. The van der Waals surface area contributed by atoms with Gasteiger partial charge in [0.2, 0.25) is 0 Å². The Morgan fingerprint density at radius 3 is 2.72 bits per heavy atom. The number of nitriles is 1. The largest absolute Gasteiger partial charge is 0.260 e. The Hall–Kier alpha value is -2.45.